The number of rotatable bonds is 4. The van der Waals surface area contributed by atoms with Gasteiger partial charge in [0.15, 0.2) is 5.76 Å². The van der Waals surface area contributed by atoms with E-state index in [-0.39, 0.29) is 5.76 Å². The molecule has 1 rings (SSSR count). The lowest BCUT2D eigenvalue weighted by Gasteiger charge is -2.21. The Bertz CT molecular complexity index is 406. The topological polar surface area (TPSA) is 80.6 Å². The summed E-state index contributed by atoms with van der Waals surface area (Å²) in [4.78, 5) is 28.3. The molecule has 0 aromatic carbocycles. The molecule has 6 heteroatoms. The van der Waals surface area contributed by atoms with Crippen molar-refractivity contribution in [2.75, 3.05) is 0 Å². The van der Waals surface area contributed by atoms with Crippen LogP contribution in [0.1, 0.15) is 38.2 Å². The van der Waals surface area contributed by atoms with Gasteiger partial charge in [0.1, 0.15) is 6.04 Å². The molecule has 18 heavy (non-hydrogen) atoms. The van der Waals surface area contributed by atoms with Crippen LogP contribution >= 0.6 is 0 Å². The van der Waals surface area contributed by atoms with Gasteiger partial charge in [-0.3, -0.25) is 14.4 Å². The van der Waals surface area contributed by atoms with Crippen LogP contribution in [-0.4, -0.2) is 23.5 Å². The fourth-order valence-corrected chi connectivity index (χ4v) is 1.03. The Balaban J connectivity index is 2.43. The van der Waals surface area contributed by atoms with E-state index in [2.05, 4.69) is 10.8 Å². The first-order chi connectivity index (χ1) is 8.29. The average Bonchev–Trinajstić information content (AvgIpc) is 2.77. The van der Waals surface area contributed by atoms with Crippen LogP contribution in [0.2, 0.25) is 0 Å². The van der Waals surface area contributed by atoms with Crippen LogP contribution in [0.15, 0.2) is 22.8 Å². The summed E-state index contributed by atoms with van der Waals surface area (Å²) in [7, 11) is 0. The number of furan rings is 1. The van der Waals surface area contributed by atoms with Crippen molar-refractivity contribution in [3.05, 3.63) is 24.2 Å². The molecule has 0 bridgehead atoms. The van der Waals surface area contributed by atoms with Crippen molar-refractivity contribution >= 4 is 11.8 Å². The lowest BCUT2D eigenvalue weighted by Crippen LogP contribution is -2.46. The number of amides is 2. The van der Waals surface area contributed by atoms with Crippen LogP contribution in [0.4, 0.5) is 0 Å². The molecule has 1 atom stereocenters. The zero-order valence-corrected chi connectivity index (χ0v) is 10.9. The van der Waals surface area contributed by atoms with Crippen LogP contribution in [0.25, 0.3) is 0 Å². The molecule has 6 nitrogen and oxygen atoms in total. The molecular formula is C12H18N2O4. The highest BCUT2D eigenvalue weighted by Gasteiger charge is 2.20. The maximum absolute atomic E-state index is 11.6. The van der Waals surface area contributed by atoms with Gasteiger partial charge in [-0.2, -0.15) is 0 Å². The SMILES string of the molecule is CC(NC(=O)c1ccco1)C(=O)NOC(C)(C)C. The third-order valence-electron chi connectivity index (χ3n) is 1.94. The average molecular weight is 254 g/mol. The summed E-state index contributed by atoms with van der Waals surface area (Å²) in [6.07, 6.45) is 1.39. The van der Waals surface area contributed by atoms with Crippen LogP contribution in [-0.2, 0) is 9.63 Å². The number of hydrogen-bond donors (Lipinski definition) is 2. The van der Waals surface area contributed by atoms with Crippen LogP contribution in [0.5, 0.6) is 0 Å². The van der Waals surface area contributed by atoms with E-state index in [9.17, 15) is 9.59 Å². The predicted octanol–water partition coefficient (Wildman–Crippen LogP) is 1.24. The van der Waals surface area contributed by atoms with E-state index >= 15 is 0 Å². The van der Waals surface area contributed by atoms with E-state index in [1.807, 2.05) is 0 Å². The van der Waals surface area contributed by atoms with Crippen molar-refractivity contribution in [3.8, 4) is 0 Å². The molecule has 2 N–H and O–H groups in total. The molecule has 1 aromatic rings. The van der Waals surface area contributed by atoms with E-state index in [1.54, 1.807) is 33.8 Å². The Morgan fingerprint density at radius 2 is 2.06 bits per heavy atom. The second kappa shape index (κ2) is 5.68. The summed E-state index contributed by atoms with van der Waals surface area (Å²) in [5, 5.41) is 2.49. The first kappa shape index (κ1) is 14.2. The molecule has 0 aliphatic heterocycles. The molecule has 0 aliphatic carbocycles. The zero-order chi connectivity index (χ0) is 13.8. The Morgan fingerprint density at radius 1 is 1.39 bits per heavy atom. The molecule has 0 aliphatic rings. The first-order valence-electron chi connectivity index (χ1n) is 5.62. The first-order valence-corrected chi connectivity index (χ1v) is 5.62. The van der Waals surface area contributed by atoms with Crippen molar-refractivity contribution in [3.63, 3.8) is 0 Å². The van der Waals surface area contributed by atoms with E-state index in [0.717, 1.165) is 0 Å². The molecule has 0 saturated heterocycles. The second-order valence-electron chi connectivity index (χ2n) is 4.85. The Kier molecular flexibility index (Phi) is 4.49. The van der Waals surface area contributed by atoms with Crippen molar-refractivity contribution in [2.45, 2.75) is 39.3 Å². The zero-order valence-electron chi connectivity index (χ0n) is 10.9. The van der Waals surface area contributed by atoms with Crippen molar-refractivity contribution in [1.82, 2.24) is 10.8 Å². The Labute approximate surface area is 106 Å². The summed E-state index contributed by atoms with van der Waals surface area (Å²) < 4.78 is 4.92. The van der Waals surface area contributed by atoms with Gasteiger partial charge in [-0.15, -0.1) is 0 Å². The number of carbonyl (C=O) groups is 2. The molecule has 1 heterocycles. The van der Waals surface area contributed by atoms with Gasteiger partial charge < -0.3 is 9.73 Å². The van der Waals surface area contributed by atoms with Crippen molar-refractivity contribution in [2.24, 2.45) is 0 Å². The number of nitrogens with one attached hydrogen (secondary N) is 2. The molecule has 0 radical (unpaired) electrons. The molecule has 100 valence electrons. The monoisotopic (exact) mass is 254 g/mol. The minimum atomic E-state index is -0.718. The number of carbonyl (C=O) groups excluding carboxylic acids is 2. The van der Waals surface area contributed by atoms with Gasteiger partial charge in [-0.1, -0.05) is 0 Å². The quantitative estimate of drug-likeness (QED) is 0.792. The minimum Gasteiger partial charge on any atom is -0.459 e. The van der Waals surface area contributed by atoms with Crippen molar-refractivity contribution < 1.29 is 18.8 Å². The van der Waals surface area contributed by atoms with E-state index in [0.29, 0.717) is 0 Å². The smallest absolute Gasteiger partial charge is 0.287 e. The fraction of sp³-hybridized carbons (Fsp3) is 0.500. The molecule has 0 fully saturated rings. The molecule has 2 amide bonds. The third kappa shape index (κ3) is 4.58. The Hall–Kier alpha value is -1.82. The summed E-state index contributed by atoms with van der Waals surface area (Å²) in [6, 6.07) is 2.40. The molecule has 0 spiro atoms. The summed E-state index contributed by atoms with van der Waals surface area (Å²) in [5.41, 5.74) is 1.80. The highest BCUT2D eigenvalue weighted by atomic mass is 16.7. The largest absolute Gasteiger partial charge is 0.459 e. The van der Waals surface area contributed by atoms with Gasteiger partial charge >= 0.3 is 0 Å². The molecule has 1 aromatic heterocycles. The number of hydrogen-bond acceptors (Lipinski definition) is 4. The van der Waals surface area contributed by atoms with Gasteiger partial charge in [-0.25, -0.2) is 5.48 Å². The molecule has 1 unspecified atom stereocenters. The Morgan fingerprint density at radius 3 is 2.56 bits per heavy atom. The van der Waals surface area contributed by atoms with E-state index in [1.165, 1.54) is 12.3 Å². The lowest BCUT2D eigenvalue weighted by atomic mass is 10.2. The maximum Gasteiger partial charge on any atom is 0.287 e. The van der Waals surface area contributed by atoms with Crippen LogP contribution in [0, 0.1) is 0 Å². The maximum atomic E-state index is 11.6. The van der Waals surface area contributed by atoms with Gasteiger partial charge in [-0.05, 0) is 39.8 Å². The standard InChI is InChI=1S/C12H18N2O4/c1-8(10(15)14-18-12(2,3)4)13-11(16)9-6-5-7-17-9/h5-8H,1-4H3,(H,13,16)(H,14,15). The lowest BCUT2D eigenvalue weighted by molar-refractivity contribution is -0.147. The van der Waals surface area contributed by atoms with Crippen LogP contribution in [0.3, 0.4) is 0 Å². The van der Waals surface area contributed by atoms with Crippen LogP contribution < -0.4 is 10.8 Å². The minimum absolute atomic E-state index is 0.159. The summed E-state index contributed by atoms with van der Waals surface area (Å²) in [6.45, 7) is 6.97. The van der Waals surface area contributed by atoms with E-state index in [4.69, 9.17) is 9.25 Å². The summed E-state index contributed by atoms with van der Waals surface area (Å²) in [5.74, 6) is -0.713. The van der Waals surface area contributed by atoms with E-state index < -0.39 is 23.5 Å². The molecular weight excluding hydrogens is 236 g/mol. The normalized spacial score (nSPS) is 12.9. The molecule has 0 saturated carbocycles. The second-order valence-corrected chi connectivity index (χ2v) is 4.85. The number of hydroxylamine groups is 1. The van der Waals surface area contributed by atoms with Gasteiger partial charge in [0.05, 0.1) is 11.9 Å². The third-order valence-corrected chi connectivity index (χ3v) is 1.94. The van der Waals surface area contributed by atoms with Gasteiger partial charge in [0.2, 0.25) is 0 Å². The summed E-state index contributed by atoms with van der Waals surface area (Å²) >= 11 is 0. The fourth-order valence-electron chi connectivity index (χ4n) is 1.03. The van der Waals surface area contributed by atoms with Gasteiger partial charge in [0.25, 0.3) is 11.8 Å². The highest BCUT2D eigenvalue weighted by Crippen LogP contribution is 2.04. The van der Waals surface area contributed by atoms with Crippen molar-refractivity contribution in [1.29, 1.82) is 0 Å². The highest BCUT2D eigenvalue weighted by molar-refractivity contribution is 5.95. The van der Waals surface area contributed by atoms with Gasteiger partial charge in [0, 0.05) is 0 Å². The predicted molar refractivity (Wildman–Crippen MR) is 64.6 cm³/mol.